The Morgan fingerprint density at radius 2 is 2.05 bits per heavy atom. The Morgan fingerprint density at radius 3 is 2.65 bits per heavy atom. The maximum absolute atomic E-state index is 13.3. The molecule has 0 bridgehead atoms. The van der Waals surface area contributed by atoms with Gasteiger partial charge in [0, 0.05) is 22.3 Å². The molecule has 2 aromatic carbocycles. The lowest BCUT2D eigenvalue weighted by Gasteiger charge is -2.21. The lowest BCUT2D eigenvalue weighted by Crippen LogP contribution is -2.30. The molecular weight excluding hydrogens is 345 g/mol. The van der Waals surface area contributed by atoms with Crippen molar-refractivity contribution in [3.63, 3.8) is 0 Å². The number of hydrogen-bond donors (Lipinski definition) is 0. The van der Waals surface area contributed by atoms with Gasteiger partial charge in [-0.15, -0.1) is 0 Å². The number of amides is 1. The van der Waals surface area contributed by atoms with Gasteiger partial charge in [0.25, 0.3) is 5.91 Å². The molecule has 2 aromatic rings. The van der Waals surface area contributed by atoms with Crippen LogP contribution in [0.15, 0.2) is 46.9 Å². The molecule has 0 spiro atoms. The van der Waals surface area contributed by atoms with Gasteiger partial charge in [0.05, 0.1) is 5.02 Å². The molecule has 0 aromatic heterocycles. The fraction of sp³-hybridized carbons (Fsp3) is 0.133. The van der Waals surface area contributed by atoms with E-state index in [0.717, 1.165) is 0 Å². The number of halogens is 3. The summed E-state index contributed by atoms with van der Waals surface area (Å²) in [6, 6.07) is 10.9. The number of nitrogens with zero attached hydrogens (tertiary/aromatic N) is 1. The number of anilines is 1. The van der Waals surface area contributed by atoms with E-state index >= 15 is 0 Å². The molecule has 5 heteroatoms. The van der Waals surface area contributed by atoms with E-state index in [2.05, 4.69) is 15.9 Å². The second-order valence-electron chi connectivity index (χ2n) is 4.16. The van der Waals surface area contributed by atoms with Gasteiger partial charge in [0.15, 0.2) is 0 Å². The highest BCUT2D eigenvalue weighted by Gasteiger charge is 2.17. The van der Waals surface area contributed by atoms with Gasteiger partial charge in [-0.25, -0.2) is 4.39 Å². The first kappa shape index (κ1) is 15.0. The van der Waals surface area contributed by atoms with Crippen molar-refractivity contribution in [2.75, 3.05) is 11.4 Å². The van der Waals surface area contributed by atoms with Crippen LogP contribution in [0.2, 0.25) is 5.02 Å². The van der Waals surface area contributed by atoms with Crippen molar-refractivity contribution >= 4 is 39.1 Å². The fourth-order valence-corrected chi connectivity index (χ4v) is 2.37. The maximum Gasteiger partial charge on any atom is 0.258 e. The van der Waals surface area contributed by atoms with E-state index in [9.17, 15) is 9.18 Å². The average molecular weight is 357 g/mol. The Morgan fingerprint density at radius 1 is 1.30 bits per heavy atom. The van der Waals surface area contributed by atoms with E-state index in [0.29, 0.717) is 27.3 Å². The molecule has 1 amide bonds. The third-order valence-corrected chi connectivity index (χ3v) is 4.06. The van der Waals surface area contributed by atoms with Gasteiger partial charge < -0.3 is 4.90 Å². The Balaban J connectivity index is 2.36. The third kappa shape index (κ3) is 3.19. The number of carbonyl (C=O) groups excluding carboxylic acids is 1. The summed E-state index contributed by atoms with van der Waals surface area (Å²) in [5.41, 5.74) is 1.02. The van der Waals surface area contributed by atoms with Crippen molar-refractivity contribution in [2.24, 2.45) is 0 Å². The molecule has 2 nitrogen and oxygen atoms in total. The molecule has 0 heterocycles. The molecular formula is C15H12BrClFNO. The monoisotopic (exact) mass is 355 g/mol. The van der Waals surface area contributed by atoms with Crippen LogP contribution in [0.4, 0.5) is 10.1 Å². The highest BCUT2D eigenvalue weighted by molar-refractivity contribution is 9.10. The molecule has 0 saturated carbocycles. The molecule has 0 aliphatic heterocycles. The van der Waals surface area contributed by atoms with Crippen LogP contribution in [0.1, 0.15) is 17.3 Å². The van der Waals surface area contributed by atoms with Gasteiger partial charge in [0.1, 0.15) is 5.82 Å². The zero-order valence-corrected chi connectivity index (χ0v) is 13.1. The van der Waals surface area contributed by atoms with Crippen molar-refractivity contribution < 1.29 is 9.18 Å². The van der Waals surface area contributed by atoms with Crippen LogP contribution < -0.4 is 4.90 Å². The Bertz CT molecular complexity index is 648. The smallest absolute Gasteiger partial charge is 0.258 e. The number of benzene rings is 2. The highest BCUT2D eigenvalue weighted by Crippen LogP contribution is 2.25. The Labute approximate surface area is 130 Å². The van der Waals surface area contributed by atoms with Crippen LogP contribution in [-0.2, 0) is 0 Å². The van der Waals surface area contributed by atoms with Crippen LogP contribution in [0.5, 0.6) is 0 Å². The normalized spacial score (nSPS) is 10.4. The summed E-state index contributed by atoms with van der Waals surface area (Å²) in [7, 11) is 0. The van der Waals surface area contributed by atoms with Gasteiger partial charge in [-0.2, -0.15) is 0 Å². The van der Waals surface area contributed by atoms with Crippen LogP contribution in [0, 0.1) is 5.82 Å². The summed E-state index contributed by atoms with van der Waals surface area (Å²) in [6.45, 7) is 2.29. The van der Waals surface area contributed by atoms with Crippen LogP contribution in [-0.4, -0.2) is 12.5 Å². The van der Waals surface area contributed by atoms with Crippen molar-refractivity contribution in [3.8, 4) is 0 Å². The van der Waals surface area contributed by atoms with Crippen molar-refractivity contribution in [1.29, 1.82) is 0 Å². The zero-order chi connectivity index (χ0) is 14.7. The molecule has 20 heavy (non-hydrogen) atoms. The molecule has 0 aliphatic rings. The molecule has 2 rings (SSSR count). The fourth-order valence-electron chi connectivity index (χ4n) is 1.87. The van der Waals surface area contributed by atoms with Crippen molar-refractivity contribution in [2.45, 2.75) is 6.92 Å². The number of hydrogen-bond acceptors (Lipinski definition) is 1. The second-order valence-corrected chi connectivity index (χ2v) is 5.42. The molecule has 104 valence electrons. The predicted molar refractivity (Wildman–Crippen MR) is 82.9 cm³/mol. The first-order chi connectivity index (χ1) is 9.52. The summed E-state index contributed by atoms with van der Waals surface area (Å²) in [4.78, 5) is 14.0. The minimum absolute atomic E-state index is 0.199. The summed E-state index contributed by atoms with van der Waals surface area (Å²) in [5.74, 6) is -0.568. The summed E-state index contributed by atoms with van der Waals surface area (Å²) < 4.78 is 13.9. The van der Waals surface area contributed by atoms with Gasteiger partial charge in [-0.1, -0.05) is 17.7 Å². The van der Waals surface area contributed by atoms with Crippen LogP contribution >= 0.6 is 27.5 Å². The molecule has 0 radical (unpaired) electrons. The average Bonchev–Trinajstić information content (AvgIpc) is 2.42. The minimum Gasteiger partial charge on any atom is -0.309 e. The molecule has 0 unspecified atom stereocenters. The standard InChI is InChI=1S/C15H12BrClFNO/c1-2-19(12-5-3-4-11(18)9-12)15(20)10-6-7-14(17)13(16)8-10/h3-9H,2H2,1H3. The molecule has 0 atom stereocenters. The topological polar surface area (TPSA) is 20.3 Å². The van der Waals surface area contributed by atoms with Gasteiger partial charge in [0.2, 0.25) is 0 Å². The number of carbonyl (C=O) groups is 1. The minimum atomic E-state index is -0.369. The third-order valence-electron chi connectivity index (χ3n) is 2.85. The predicted octanol–water partition coefficient (Wildman–Crippen LogP) is 4.91. The van der Waals surface area contributed by atoms with Gasteiger partial charge in [-0.3, -0.25) is 4.79 Å². The van der Waals surface area contributed by atoms with E-state index in [1.54, 1.807) is 30.3 Å². The van der Waals surface area contributed by atoms with E-state index in [-0.39, 0.29) is 11.7 Å². The molecule has 0 saturated heterocycles. The highest BCUT2D eigenvalue weighted by atomic mass is 79.9. The van der Waals surface area contributed by atoms with E-state index in [4.69, 9.17) is 11.6 Å². The first-order valence-electron chi connectivity index (χ1n) is 6.05. The molecule has 0 aliphatic carbocycles. The Kier molecular flexibility index (Phi) is 4.78. The van der Waals surface area contributed by atoms with Gasteiger partial charge >= 0.3 is 0 Å². The lowest BCUT2D eigenvalue weighted by molar-refractivity contribution is 0.0988. The first-order valence-corrected chi connectivity index (χ1v) is 7.22. The van der Waals surface area contributed by atoms with Crippen LogP contribution in [0.3, 0.4) is 0 Å². The summed E-state index contributed by atoms with van der Waals surface area (Å²) in [6.07, 6.45) is 0. The maximum atomic E-state index is 13.3. The summed E-state index contributed by atoms with van der Waals surface area (Å²) in [5, 5.41) is 0.537. The van der Waals surface area contributed by atoms with E-state index in [1.807, 2.05) is 6.92 Å². The molecule has 0 fully saturated rings. The largest absolute Gasteiger partial charge is 0.309 e. The van der Waals surface area contributed by atoms with E-state index < -0.39 is 0 Å². The second kappa shape index (κ2) is 6.37. The summed E-state index contributed by atoms with van der Waals surface area (Å²) >= 11 is 9.21. The zero-order valence-electron chi connectivity index (χ0n) is 10.7. The quantitative estimate of drug-likeness (QED) is 0.765. The van der Waals surface area contributed by atoms with Crippen molar-refractivity contribution in [1.82, 2.24) is 0 Å². The van der Waals surface area contributed by atoms with E-state index in [1.165, 1.54) is 17.0 Å². The number of rotatable bonds is 3. The lowest BCUT2D eigenvalue weighted by atomic mass is 10.2. The van der Waals surface area contributed by atoms with Crippen LogP contribution in [0.25, 0.3) is 0 Å². The van der Waals surface area contributed by atoms with Crippen molar-refractivity contribution in [3.05, 3.63) is 63.3 Å². The van der Waals surface area contributed by atoms with Gasteiger partial charge in [-0.05, 0) is 59.3 Å². The SMILES string of the molecule is CCN(C(=O)c1ccc(Cl)c(Br)c1)c1cccc(F)c1. The Hall–Kier alpha value is -1.39. The molecule has 0 N–H and O–H groups in total.